The van der Waals surface area contributed by atoms with Gasteiger partial charge in [0.15, 0.2) is 5.96 Å². The number of rotatable bonds is 4. The summed E-state index contributed by atoms with van der Waals surface area (Å²) in [5.74, 6) is -0.494. The Labute approximate surface area is 117 Å². The van der Waals surface area contributed by atoms with Gasteiger partial charge in [-0.2, -0.15) is 0 Å². The van der Waals surface area contributed by atoms with E-state index in [1.54, 1.807) is 0 Å². The molecule has 0 saturated heterocycles. The van der Waals surface area contributed by atoms with Crippen molar-refractivity contribution < 1.29 is 8.78 Å². The molecule has 1 fully saturated rings. The highest BCUT2D eigenvalue weighted by molar-refractivity contribution is 5.78. The normalized spacial score (nSPS) is 22.2. The molecule has 2 rings (SSSR count). The molecule has 3 nitrogen and oxygen atoms in total. The van der Waals surface area contributed by atoms with Crippen LogP contribution in [0.15, 0.2) is 35.3 Å². The summed E-state index contributed by atoms with van der Waals surface area (Å²) < 4.78 is 26.3. The first-order chi connectivity index (χ1) is 9.44. The van der Waals surface area contributed by atoms with Crippen molar-refractivity contribution in [1.29, 1.82) is 0 Å². The van der Waals surface area contributed by atoms with Gasteiger partial charge in [-0.05, 0) is 43.4 Å². The summed E-state index contributed by atoms with van der Waals surface area (Å²) in [6.45, 7) is 6.13. The van der Waals surface area contributed by atoms with E-state index in [9.17, 15) is 8.78 Å². The monoisotopic (exact) mass is 279 g/mol. The van der Waals surface area contributed by atoms with E-state index in [-0.39, 0.29) is 12.0 Å². The first kappa shape index (κ1) is 14.5. The van der Waals surface area contributed by atoms with Crippen molar-refractivity contribution in [1.82, 2.24) is 5.32 Å². The molecular weight excluding hydrogens is 260 g/mol. The molecule has 1 saturated carbocycles. The van der Waals surface area contributed by atoms with Crippen LogP contribution in [-0.2, 0) is 0 Å². The van der Waals surface area contributed by atoms with Crippen molar-refractivity contribution in [2.75, 3.05) is 6.54 Å². The number of halogens is 2. The van der Waals surface area contributed by atoms with Gasteiger partial charge in [-0.3, -0.25) is 0 Å². The Bertz CT molecular complexity index is 514. The lowest BCUT2D eigenvalue weighted by atomic mass is 9.76. The molecular formula is C15H19F2N3. The van der Waals surface area contributed by atoms with E-state index in [4.69, 9.17) is 5.73 Å². The summed E-state index contributed by atoms with van der Waals surface area (Å²) in [6.07, 6.45) is 1.60. The average Bonchev–Trinajstić information content (AvgIpc) is 2.29. The number of hydrogen-bond donors (Lipinski definition) is 2. The Balaban J connectivity index is 1.85. The van der Waals surface area contributed by atoms with Gasteiger partial charge in [-0.15, -0.1) is 0 Å². The Hall–Kier alpha value is -1.91. The average molecular weight is 279 g/mol. The highest BCUT2D eigenvalue weighted by Crippen LogP contribution is 2.37. The topological polar surface area (TPSA) is 50.4 Å². The van der Waals surface area contributed by atoms with Gasteiger partial charge in [-0.1, -0.05) is 12.2 Å². The van der Waals surface area contributed by atoms with Crippen molar-refractivity contribution in [2.24, 2.45) is 10.7 Å². The van der Waals surface area contributed by atoms with E-state index in [0.717, 1.165) is 24.5 Å². The summed E-state index contributed by atoms with van der Waals surface area (Å²) in [5, 5.41) is 3.10. The second-order valence-electron chi connectivity index (χ2n) is 5.37. The van der Waals surface area contributed by atoms with Crippen LogP contribution in [0, 0.1) is 11.6 Å². The summed E-state index contributed by atoms with van der Waals surface area (Å²) in [7, 11) is 0. The number of nitrogens with one attached hydrogen (secondary N) is 1. The van der Waals surface area contributed by atoms with E-state index in [0.29, 0.717) is 18.1 Å². The van der Waals surface area contributed by atoms with Crippen LogP contribution in [-0.4, -0.2) is 18.5 Å². The fourth-order valence-corrected chi connectivity index (χ4v) is 2.29. The van der Waals surface area contributed by atoms with Crippen molar-refractivity contribution >= 4 is 5.96 Å². The number of guanidine groups is 1. The lowest BCUT2D eigenvalue weighted by Gasteiger charge is -2.36. The predicted molar refractivity (Wildman–Crippen MR) is 76.6 cm³/mol. The Morgan fingerprint density at radius 2 is 1.95 bits per heavy atom. The van der Waals surface area contributed by atoms with Crippen molar-refractivity contribution in [3.05, 3.63) is 47.5 Å². The molecule has 0 aromatic heterocycles. The largest absolute Gasteiger partial charge is 0.370 e. The van der Waals surface area contributed by atoms with E-state index in [2.05, 4.69) is 16.9 Å². The van der Waals surface area contributed by atoms with Gasteiger partial charge in [0.1, 0.15) is 11.6 Å². The number of benzene rings is 1. The Kier molecular flexibility index (Phi) is 4.37. The molecule has 108 valence electrons. The Morgan fingerprint density at radius 1 is 1.35 bits per heavy atom. The number of nitrogens with zero attached hydrogens (tertiary/aromatic N) is 1. The SMILES string of the molecule is C=C(C)CN=C(N)NC1CC(c2cc(F)cc(F)c2)C1. The maximum atomic E-state index is 13.1. The number of nitrogens with two attached hydrogens (primary N) is 1. The molecule has 1 aliphatic carbocycles. The Morgan fingerprint density at radius 3 is 2.50 bits per heavy atom. The highest BCUT2D eigenvalue weighted by atomic mass is 19.1. The number of hydrogen-bond acceptors (Lipinski definition) is 1. The zero-order valence-electron chi connectivity index (χ0n) is 11.5. The molecule has 0 spiro atoms. The summed E-state index contributed by atoms with van der Waals surface area (Å²) in [4.78, 5) is 4.14. The first-order valence-electron chi connectivity index (χ1n) is 6.61. The van der Waals surface area contributed by atoms with E-state index < -0.39 is 11.6 Å². The molecule has 3 N–H and O–H groups in total. The maximum Gasteiger partial charge on any atom is 0.189 e. The quantitative estimate of drug-likeness (QED) is 0.506. The van der Waals surface area contributed by atoms with Crippen LogP contribution in [0.4, 0.5) is 8.78 Å². The number of aliphatic imine (C=N–C) groups is 1. The minimum atomic E-state index is -0.529. The molecule has 1 aliphatic rings. The predicted octanol–water partition coefficient (Wildman–Crippen LogP) is 2.69. The van der Waals surface area contributed by atoms with Crippen LogP contribution in [0.5, 0.6) is 0 Å². The molecule has 1 aromatic carbocycles. The van der Waals surface area contributed by atoms with Gasteiger partial charge in [-0.25, -0.2) is 13.8 Å². The zero-order valence-corrected chi connectivity index (χ0v) is 11.5. The van der Waals surface area contributed by atoms with Gasteiger partial charge in [0.2, 0.25) is 0 Å². The van der Waals surface area contributed by atoms with Crippen LogP contribution >= 0.6 is 0 Å². The van der Waals surface area contributed by atoms with Crippen LogP contribution in [0.1, 0.15) is 31.2 Å². The highest BCUT2D eigenvalue weighted by Gasteiger charge is 2.31. The lowest BCUT2D eigenvalue weighted by Crippen LogP contribution is -2.46. The molecule has 0 heterocycles. The molecule has 0 amide bonds. The standard InChI is InChI=1S/C15H19F2N3/c1-9(2)8-19-15(18)20-14-5-11(6-14)10-3-12(16)7-13(17)4-10/h3-4,7,11,14H,1,5-6,8H2,2H3,(H3,18,19,20). The summed E-state index contributed by atoms with van der Waals surface area (Å²) >= 11 is 0. The second kappa shape index (κ2) is 6.03. The third kappa shape index (κ3) is 3.79. The summed E-state index contributed by atoms with van der Waals surface area (Å²) in [5.41, 5.74) is 7.39. The van der Waals surface area contributed by atoms with Crippen molar-refractivity contribution in [3.8, 4) is 0 Å². The minimum Gasteiger partial charge on any atom is -0.370 e. The van der Waals surface area contributed by atoms with Gasteiger partial charge >= 0.3 is 0 Å². The maximum absolute atomic E-state index is 13.1. The first-order valence-corrected chi connectivity index (χ1v) is 6.61. The van der Waals surface area contributed by atoms with Gasteiger partial charge in [0.25, 0.3) is 0 Å². The van der Waals surface area contributed by atoms with Gasteiger partial charge in [0, 0.05) is 12.1 Å². The summed E-state index contributed by atoms with van der Waals surface area (Å²) in [6, 6.07) is 3.88. The van der Waals surface area contributed by atoms with Crippen LogP contribution in [0.2, 0.25) is 0 Å². The van der Waals surface area contributed by atoms with Gasteiger partial charge < -0.3 is 11.1 Å². The van der Waals surface area contributed by atoms with Crippen LogP contribution in [0.3, 0.4) is 0 Å². The molecule has 0 atom stereocenters. The smallest absolute Gasteiger partial charge is 0.189 e. The molecule has 5 heteroatoms. The molecule has 20 heavy (non-hydrogen) atoms. The minimum absolute atomic E-state index is 0.173. The van der Waals surface area contributed by atoms with Gasteiger partial charge in [0.05, 0.1) is 6.54 Å². The fraction of sp³-hybridized carbons (Fsp3) is 0.400. The van der Waals surface area contributed by atoms with Crippen molar-refractivity contribution in [2.45, 2.75) is 31.7 Å². The fourth-order valence-electron chi connectivity index (χ4n) is 2.29. The van der Waals surface area contributed by atoms with Crippen LogP contribution < -0.4 is 11.1 Å². The van der Waals surface area contributed by atoms with E-state index in [1.165, 1.54) is 12.1 Å². The third-order valence-electron chi connectivity index (χ3n) is 3.37. The van der Waals surface area contributed by atoms with Crippen molar-refractivity contribution in [3.63, 3.8) is 0 Å². The molecule has 1 aromatic rings. The molecule has 0 unspecified atom stereocenters. The molecule has 0 bridgehead atoms. The second-order valence-corrected chi connectivity index (χ2v) is 5.37. The third-order valence-corrected chi connectivity index (χ3v) is 3.37. The zero-order chi connectivity index (χ0) is 14.7. The van der Waals surface area contributed by atoms with E-state index in [1.807, 2.05) is 6.92 Å². The van der Waals surface area contributed by atoms with E-state index >= 15 is 0 Å². The lowest BCUT2D eigenvalue weighted by molar-refractivity contribution is 0.322. The molecule has 0 radical (unpaired) electrons. The van der Waals surface area contributed by atoms with Crippen LogP contribution in [0.25, 0.3) is 0 Å². The molecule has 0 aliphatic heterocycles.